The molecule has 1 saturated heterocycles. The maximum atomic E-state index is 13.5. The minimum atomic E-state index is -0.177. The van der Waals surface area contributed by atoms with Crippen molar-refractivity contribution in [2.75, 3.05) is 13.1 Å². The van der Waals surface area contributed by atoms with Crippen LogP contribution >= 0.6 is 0 Å². The van der Waals surface area contributed by atoms with Crippen LogP contribution in [0.25, 0.3) is 0 Å². The molecule has 106 valence electrons. The molecule has 0 aromatic heterocycles. The van der Waals surface area contributed by atoms with E-state index in [0.717, 1.165) is 25.1 Å². The summed E-state index contributed by atoms with van der Waals surface area (Å²) in [5.74, 6) is -0.177. The fraction of sp³-hybridized carbons (Fsp3) is 0.625. The van der Waals surface area contributed by atoms with E-state index in [1.54, 1.807) is 12.1 Å². The minimum absolute atomic E-state index is 0.0516. The lowest BCUT2D eigenvalue weighted by Gasteiger charge is -2.33. The molecule has 2 rings (SSSR count). The first-order valence-corrected chi connectivity index (χ1v) is 7.18. The molecule has 1 fully saturated rings. The third-order valence-electron chi connectivity index (χ3n) is 4.17. The lowest BCUT2D eigenvalue weighted by molar-refractivity contribution is 0.189. The highest BCUT2D eigenvalue weighted by Crippen LogP contribution is 2.36. The molecule has 1 aliphatic rings. The maximum absolute atomic E-state index is 13.5. The highest BCUT2D eigenvalue weighted by molar-refractivity contribution is 5.22. The van der Waals surface area contributed by atoms with E-state index >= 15 is 0 Å². The summed E-state index contributed by atoms with van der Waals surface area (Å²) in [6.45, 7) is 8.74. The summed E-state index contributed by atoms with van der Waals surface area (Å²) in [7, 11) is 0. The van der Waals surface area contributed by atoms with Gasteiger partial charge >= 0.3 is 0 Å². The van der Waals surface area contributed by atoms with Crippen LogP contribution in [0.15, 0.2) is 24.3 Å². The Kier molecular flexibility index (Phi) is 4.26. The number of nitrogens with zero attached hydrogens (tertiary/aromatic N) is 1. The number of nitrogens with two attached hydrogens (primary N) is 1. The summed E-state index contributed by atoms with van der Waals surface area (Å²) < 4.78 is 13.5. The third-order valence-corrected chi connectivity index (χ3v) is 4.17. The van der Waals surface area contributed by atoms with Crippen LogP contribution in [0.4, 0.5) is 4.39 Å². The van der Waals surface area contributed by atoms with Crippen LogP contribution < -0.4 is 5.73 Å². The Bertz CT molecular complexity index is 431. The van der Waals surface area contributed by atoms with E-state index in [0.29, 0.717) is 5.41 Å². The minimum Gasteiger partial charge on any atom is -0.326 e. The van der Waals surface area contributed by atoms with E-state index in [2.05, 4.69) is 25.7 Å². The normalized spacial score (nSPS) is 22.4. The van der Waals surface area contributed by atoms with Crippen molar-refractivity contribution in [3.63, 3.8) is 0 Å². The Labute approximate surface area is 115 Å². The summed E-state index contributed by atoms with van der Waals surface area (Å²) in [4.78, 5) is 2.42. The zero-order chi connectivity index (χ0) is 14.0. The van der Waals surface area contributed by atoms with Gasteiger partial charge in [0.05, 0.1) is 0 Å². The number of rotatable bonds is 4. The summed E-state index contributed by atoms with van der Waals surface area (Å²) >= 11 is 0. The van der Waals surface area contributed by atoms with Gasteiger partial charge in [0, 0.05) is 18.6 Å². The van der Waals surface area contributed by atoms with E-state index in [1.165, 1.54) is 12.5 Å². The lowest BCUT2D eigenvalue weighted by Crippen LogP contribution is -2.40. The van der Waals surface area contributed by atoms with Crippen LogP contribution in [0.2, 0.25) is 0 Å². The van der Waals surface area contributed by atoms with Crippen LogP contribution in [0.3, 0.4) is 0 Å². The van der Waals surface area contributed by atoms with Crippen LogP contribution in [0, 0.1) is 11.2 Å². The Balaban J connectivity index is 2.27. The molecule has 1 heterocycles. The van der Waals surface area contributed by atoms with Gasteiger partial charge in [-0.3, -0.25) is 4.90 Å². The quantitative estimate of drug-likeness (QED) is 0.903. The zero-order valence-corrected chi connectivity index (χ0v) is 12.2. The molecular formula is C16H25FN2. The standard InChI is InChI=1S/C16H25FN2/c1-4-14(18)15(12-6-5-7-13(17)10-12)19-9-8-16(2,3)11-19/h5-7,10,14-15H,4,8-9,11,18H2,1-3H3. The van der Waals surface area contributed by atoms with Crippen molar-refractivity contribution in [1.29, 1.82) is 0 Å². The summed E-state index contributed by atoms with van der Waals surface area (Å²) in [5.41, 5.74) is 7.64. The Morgan fingerprint density at radius 1 is 1.42 bits per heavy atom. The molecule has 1 aromatic carbocycles. The maximum Gasteiger partial charge on any atom is 0.123 e. The van der Waals surface area contributed by atoms with Gasteiger partial charge in [0.2, 0.25) is 0 Å². The van der Waals surface area contributed by atoms with Crippen molar-refractivity contribution >= 4 is 0 Å². The molecule has 1 aliphatic heterocycles. The van der Waals surface area contributed by atoms with Gasteiger partial charge in [-0.25, -0.2) is 4.39 Å². The number of hydrogen-bond donors (Lipinski definition) is 1. The molecular weight excluding hydrogens is 239 g/mol. The van der Waals surface area contributed by atoms with Crippen LogP contribution in [0.1, 0.15) is 45.2 Å². The topological polar surface area (TPSA) is 29.3 Å². The molecule has 0 aliphatic carbocycles. The van der Waals surface area contributed by atoms with E-state index in [-0.39, 0.29) is 17.9 Å². The average Bonchev–Trinajstić information content (AvgIpc) is 2.69. The fourth-order valence-corrected chi connectivity index (χ4v) is 3.03. The molecule has 1 aromatic rings. The molecule has 0 amide bonds. The van der Waals surface area contributed by atoms with E-state index < -0.39 is 0 Å². The van der Waals surface area contributed by atoms with Crippen molar-refractivity contribution in [2.45, 2.75) is 45.7 Å². The van der Waals surface area contributed by atoms with Crippen LogP contribution in [0.5, 0.6) is 0 Å². The highest BCUT2D eigenvalue weighted by Gasteiger charge is 2.35. The average molecular weight is 264 g/mol. The van der Waals surface area contributed by atoms with E-state index in [9.17, 15) is 4.39 Å². The molecule has 2 atom stereocenters. The molecule has 2 N–H and O–H groups in total. The van der Waals surface area contributed by atoms with E-state index in [1.807, 2.05) is 6.07 Å². The number of benzene rings is 1. The molecule has 0 radical (unpaired) electrons. The second-order valence-electron chi connectivity index (χ2n) is 6.46. The first kappa shape index (κ1) is 14.5. The number of hydrogen-bond acceptors (Lipinski definition) is 2. The van der Waals surface area contributed by atoms with Crippen molar-refractivity contribution < 1.29 is 4.39 Å². The van der Waals surface area contributed by atoms with Gasteiger partial charge in [-0.2, -0.15) is 0 Å². The smallest absolute Gasteiger partial charge is 0.123 e. The van der Waals surface area contributed by atoms with Crippen molar-refractivity contribution in [1.82, 2.24) is 4.90 Å². The third kappa shape index (κ3) is 3.34. The summed E-state index contributed by atoms with van der Waals surface area (Å²) in [6, 6.07) is 7.07. The van der Waals surface area contributed by atoms with Gasteiger partial charge < -0.3 is 5.73 Å². The van der Waals surface area contributed by atoms with Crippen LogP contribution in [-0.2, 0) is 0 Å². The molecule has 0 bridgehead atoms. The molecule has 2 nitrogen and oxygen atoms in total. The molecule has 0 saturated carbocycles. The Morgan fingerprint density at radius 2 is 2.16 bits per heavy atom. The van der Waals surface area contributed by atoms with Gasteiger partial charge in [0.25, 0.3) is 0 Å². The largest absolute Gasteiger partial charge is 0.326 e. The first-order chi connectivity index (χ1) is 8.93. The predicted molar refractivity (Wildman–Crippen MR) is 77.4 cm³/mol. The summed E-state index contributed by atoms with van der Waals surface area (Å²) in [6.07, 6.45) is 2.08. The van der Waals surface area contributed by atoms with Crippen molar-refractivity contribution in [3.8, 4) is 0 Å². The van der Waals surface area contributed by atoms with Gasteiger partial charge in [0.1, 0.15) is 5.82 Å². The SMILES string of the molecule is CCC(N)C(c1cccc(F)c1)N1CCC(C)(C)C1. The highest BCUT2D eigenvalue weighted by atomic mass is 19.1. The molecule has 0 spiro atoms. The Morgan fingerprint density at radius 3 is 2.68 bits per heavy atom. The van der Waals surface area contributed by atoms with Gasteiger partial charge in [0.15, 0.2) is 0 Å². The van der Waals surface area contributed by atoms with E-state index in [4.69, 9.17) is 5.73 Å². The zero-order valence-electron chi connectivity index (χ0n) is 12.2. The van der Waals surface area contributed by atoms with Crippen molar-refractivity contribution in [3.05, 3.63) is 35.6 Å². The number of likely N-dealkylation sites (tertiary alicyclic amines) is 1. The fourth-order valence-electron chi connectivity index (χ4n) is 3.03. The predicted octanol–water partition coefficient (Wildman–Crippen LogP) is 3.34. The van der Waals surface area contributed by atoms with Crippen molar-refractivity contribution in [2.24, 2.45) is 11.1 Å². The monoisotopic (exact) mass is 264 g/mol. The van der Waals surface area contributed by atoms with Crippen LogP contribution in [-0.4, -0.2) is 24.0 Å². The first-order valence-electron chi connectivity index (χ1n) is 7.18. The number of halogens is 1. The lowest BCUT2D eigenvalue weighted by atomic mass is 9.92. The molecule has 3 heteroatoms. The Hall–Kier alpha value is -0.930. The van der Waals surface area contributed by atoms with Gasteiger partial charge in [-0.1, -0.05) is 32.9 Å². The molecule has 19 heavy (non-hydrogen) atoms. The second kappa shape index (κ2) is 5.59. The molecule has 2 unspecified atom stereocenters. The van der Waals surface area contributed by atoms with Gasteiger partial charge in [-0.15, -0.1) is 0 Å². The van der Waals surface area contributed by atoms with Gasteiger partial charge in [-0.05, 0) is 42.5 Å². The second-order valence-corrected chi connectivity index (χ2v) is 6.46. The summed E-state index contributed by atoms with van der Waals surface area (Å²) in [5, 5.41) is 0.